The summed E-state index contributed by atoms with van der Waals surface area (Å²) in [7, 11) is 0. The maximum absolute atomic E-state index is 12.9. The molecule has 4 rings (SSSR count). The van der Waals surface area contributed by atoms with Crippen molar-refractivity contribution in [2.75, 3.05) is 5.32 Å². The molecule has 154 valence electrons. The smallest absolute Gasteiger partial charge is 0.259 e. The number of carbonyl (C=O) groups is 2. The number of hydrogen-bond donors (Lipinski definition) is 2. The number of hydrogen-bond acceptors (Lipinski definition) is 3. The lowest BCUT2D eigenvalue weighted by Gasteiger charge is -2.10. The van der Waals surface area contributed by atoms with E-state index >= 15 is 0 Å². The summed E-state index contributed by atoms with van der Waals surface area (Å²) >= 11 is 12.4. The van der Waals surface area contributed by atoms with E-state index in [2.05, 4.69) is 15.7 Å². The number of benzene rings is 2. The van der Waals surface area contributed by atoms with Gasteiger partial charge in [0.2, 0.25) is 0 Å². The van der Waals surface area contributed by atoms with Crippen LogP contribution in [0.1, 0.15) is 46.2 Å². The van der Waals surface area contributed by atoms with Crippen LogP contribution in [0.4, 0.5) is 5.69 Å². The zero-order valence-corrected chi connectivity index (χ0v) is 17.8. The van der Waals surface area contributed by atoms with Crippen molar-refractivity contribution in [3.8, 4) is 5.69 Å². The van der Waals surface area contributed by atoms with Crippen molar-refractivity contribution in [3.05, 3.63) is 75.5 Å². The van der Waals surface area contributed by atoms with Crippen LogP contribution >= 0.6 is 23.2 Å². The van der Waals surface area contributed by atoms with Gasteiger partial charge in [-0.2, -0.15) is 5.10 Å². The third-order valence-electron chi connectivity index (χ3n) is 4.89. The minimum Gasteiger partial charge on any atom is -0.349 e. The molecule has 1 fully saturated rings. The highest BCUT2D eigenvalue weighted by molar-refractivity contribution is 6.34. The van der Waals surface area contributed by atoms with Crippen molar-refractivity contribution in [1.29, 1.82) is 0 Å². The predicted molar refractivity (Wildman–Crippen MR) is 118 cm³/mol. The van der Waals surface area contributed by atoms with E-state index in [1.807, 2.05) is 19.1 Å². The first-order chi connectivity index (χ1) is 14.5. The molecule has 8 heteroatoms. The number of rotatable bonds is 6. The molecule has 0 aliphatic heterocycles. The molecular formula is C22H20Cl2N4O2. The van der Waals surface area contributed by atoms with E-state index in [-0.39, 0.29) is 22.9 Å². The lowest BCUT2D eigenvalue weighted by atomic mass is 10.1. The Kier molecular flexibility index (Phi) is 5.79. The van der Waals surface area contributed by atoms with Crippen LogP contribution in [0.5, 0.6) is 0 Å². The van der Waals surface area contributed by atoms with Crippen molar-refractivity contribution in [2.45, 2.75) is 32.2 Å². The van der Waals surface area contributed by atoms with Gasteiger partial charge < -0.3 is 10.6 Å². The predicted octanol–water partition coefficient (Wildman–Crippen LogP) is 4.89. The highest BCUT2D eigenvalue weighted by atomic mass is 35.5. The largest absolute Gasteiger partial charge is 0.349 e. The molecule has 1 aliphatic rings. The van der Waals surface area contributed by atoms with Gasteiger partial charge in [0.25, 0.3) is 11.8 Å². The van der Waals surface area contributed by atoms with E-state index in [4.69, 9.17) is 23.2 Å². The highest BCUT2D eigenvalue weighted by Crippen LogP contribution is 2.25. The molecule has 1 aromatic heterocycles. The SMILES string of the molecule is CCc1c(C(=O)Nc2ccc(C(=O)NC3CC3)c(Cl)c2)cnn1-c1cccc(Cl)c1. The van der Waals surface area contributed by atoms with Gasteiger partial charge in [0, 0.05) is 16.8 Å². The first kappa shape index (κ1) is 20.4. The summed E-state index contributed by atoms with van der Waals surface area (Å²) in [6, 6.07) is 12.4. The first-order valence-corrected chi connectivity index (χ1v) is 10.5. The Balaban J connectivity index is 1.54. The van der Waals surface area contributed by atoms with E-state index in [9.17, 15) is 9.59 Å². The van der Waals surface area contributed by atoms with Crippen LogP contribution in [0.15, 0.2) is 48.7 Å². The average molecular weight is 443 g/mol. The quantitative estimate of drug-likeness (QED) is 0.570. The van der Waals surface area contributed by atoms with Gasteiger partial charge in [-0.1, -0.05) is 36.2 Å². The van der Waals surface area contributed by atoms with Gasteiger partial charge in [-0.25, -0.2) is 4.68 Å². The number of carbonyl (C=O) groups excluding carboxylic acids is 2. The molecule has 1 aliphatic carbocycles. The van der Waals surface area contributed by atoms with Crippen LogP contribution in [-0.4, -0.2) is 27.6 Å². The van der Waals surface area contributed by atoms with E-state index < -0.39 is 0 Å². The molecule has 0 spiro atoms. The monoisotopic (exact) mass is 442 g/mol. The second-order valence-electron chi connectivity index (χ2n) is 7.15. The van der Waals surface area contributed by atoms with Crippen molar-refractivity contribution in [1.82, 2.24) is 15.1 Å². The second-order valence-corrected chi connectivity index (χ2v) is 7.99. The Morgan fingerprint density at radius 2 is 1.90 bits per heavy atom. The first-order valence-electron chi connectivity index (χ1n) is 9.71. The van der Waals surface area contributed by atoms with Crippen molar-refractivity contribution in [2.24, 2.45) is 0 Å². The van der Waals surface area contributed by atoms with Crippen LogP contribution in [0.2, 0.25) is 10.0 Å². The minimum atomic E-state index is -0.300. The molecule has 0 atom stereocenters. The third-order valence-corrected chi connectivity index (χ3v) is 5.43. The van der Waals surface area contributed by atoms with E-state index in [0.29, 0.717) is 28.3 Å². The Labute approximate surface area is 184 Å². The number of amides is 2. The third kappa shape index (κ3) is 4.35. The fourth-order valence-corrected chi connectivity index (χ4v) is 3.65. The summed E-state index contributed by atoms with van der Waals surface area (Å²) in [6.07, 6.45) is 4.14. The van der Waals surface area contributed by atoms with Gasteiger partial charge in [0.05, 0.1) is 33.7 Å². The van der Waals surface area contributed by atoms with Crippen LogP contribution in [-0.2, 0) is 6.42 Å². The van der Waals surface area contributed by atoms with Crippen LogP contribution in [0, 0.1) is 0 Å². The molecule has 6 nitrogen and oxygen atoms in total. The molecule has 1 heterocycles. The van der Waals surface area contributed by atoms with Crippen LogP contribution in [0.25, 0.3) is 5.69 Å². The standard InChI is InChI=1S/C22H20Cl2N4O2/c1-2-20-18(12-25-28(20)16-5-3-4-13(23)10-16)22(30)27-15-8-9-17(19(24)11-15)21(29)26-14-6-7-14/h3-5,8-12,14H,2,6-7H2,1H3,(H,26,29)(H,27,30). The minimum absolute atomic E-state index is 0.198. The van der Waals surface area contributed by atoms with Gasteiger partial charge in [0.15, 0.2) is 0 Å². The van der Waals surface area contributed by atoms with Gasteiger partial charge in [-0.3, -0.25) is 9.59 Å². The molecule has 0 radical (unpaired) electrons. The molecule has 0 unspecified atom stereocenters. The molecule has 2 N–H and O–H groups in total. The fourth-order valence-electron chi connectivity index (χ4n) is 3.20. The molecule has 0 bridgehead atoms. The molecule has 30 heavy (non-hydrogen) atoms. The Hall–Kier alpha value is -2.83. The Morgan fingerprint density at radius 3 is 2.57 bits per heavy atom. The maximum atomic E-state index is 12.9. The lowest BCUT2D eigenvalue weighted by Crippen LogP contribution is -2.25. The van der Waals surface area contributed by atoms with E-state index in [1.165, 1.54) is 6.20 Å². The van der Waals surface area contributed by atoms with Crippen molar-refractivity contribution >= 4 is 40.7 Å². The van der Waals surface area contributed by atoms with Crippen LogP contribution in [0.3, 0.4) is 0 Å². The number of nitrogens with zero attached hydrogens (tertiary/aromatic N) is 2. The summed E-state index contributed by atoms with van der Waals surface area (Å²) in [5.41, 5.74) is 2.91. The summed E-state index contributed by atoms with van der Waals surface area (Å²) in [5, 5.41) is 11.0. The van der Waals surface area contributed by atoms with E-state index in [0.717, 1.165) is 24.2 Å². The molecule has 3 aromatic rings. The molecule has 2 amide bonds. The zero-order chi connectivity index (χ0) is 21.3. The Bertz CT molecular complexity index is 1120. The number of anilines is 1. The highest BCUT2D eigenvalue weighted by Gasteiger charge is 2.25. The topological polar surface area (TPSA) is 76.0 Å². The van der Waals surface area contributed by atoms with Crippen molar-refractivity contribution < 1.29 is 9.59 Å². The molecular weight excluding hydrogens is 423 g/mol. The van der Waals surface area contributed by atoms with Gasteiger partial charge in [-0.05, 0) is 55.7 Å². The maximum Gasteiger partial charge on any atom is 0.259 e. The zero-order valence-electron chi connectivity index (χ0n) is 16.3. The summed E-state index contributed by atoms with van der Waals surface area (Å²) in [5.74, 6) is -0.497. The van der Waals surface area contributed by atoms with Gasteiger partial charge >= 0.3 is 0 Å². The van der Waals surface area contributed by atoms with Crippen LogP contribution < -0.4 is 10.6 Å². The van der Waals surface area contributed by atoms with Gasteiger partial charge in [-0.15, -0.1) is 0 Å². The van der Waals surface area contributed by atoms with Crippen molar-refractivity contribution in [3.63, 3.8) is 0 Å². The number of aromatic nitrogens is 2. The average Bonchev–Trinajstić information content (AvgIpc) is 3.41. The summed E-state index contributed by atoms with van der Waals surface area (Å²) < 4.78 is 1.71. The summed E-state index contributed by atoms with van der Waals surface area (Å²) in [6.45, 7) is 1.96. The molecule has 1 saturated carbocycles. The normalized spacial score (nSPS) is 13.2. The number of halogens is 2. The Morgan fingerprint density at radius 1 is 1.10 bits per heavy atom. The summed E-state index contributed by atoms with van der Waals surface area (Å²) in [4.78, 5) is 25.1. The second kappa shape index (κ2) is 8.50. The molecule has 0 saturated heterocycles. The number of nitrogens with one attached hydrogen (secondary N) is 2. The fraction of sp³-hybridized carbons (Fsp3) is 0.227. The van der Waals surface area contributed by atoms with E-state index in [1.54, 1.807) is 35.0 Å². The van der Waals surface area contributed by atoms with Gasteiger partial charge in [0.1, 0.15) is 0 Å². The lowest BCUT2D eigenvalue weighted by molar-refractivity contribution is 0.0950. The molecule has 2 aromatic carbocycles.